The van der Waals surface area contributed by atoms with Gasteiger partial charge in [-0.3, -0.25) is 9.69 Å². The molecule has 0 bridgehead atoms. The molecule has 32 heavy (non-hydrogen) atoms. The first-order valence-electron chi connectivity index (χ1n) is 11.5. The van der Waals surface area contributed by atoms with Gasteiger partial charge < -0.3 is 4.90 Å². The summed E-state index contributed by atoms with van der Waals surface area (Å²) in [5, 5.41) is 0.693. The van der Waals surface area contributed by atoms with E-state index in [0.717, 1.165) is 42.5 Å². The third kappa shape index (κ3) is 2.66. The van der Waals surface area contributed by atoms with Crippen LogP contribution < -0.4 is 0 Å². The summed E-state index contributed by atoms with van der Waals surface area (Å²) in [7, 11) is 0. The fraction of sp³-hybridized carbons (Fsp3) is 0.370. The lowest BCUT2D eigenvalue weighted by atomic mass is 9.68. The normalized spacial score (nSPS) is 28.3. The van der Waals surface area contributed by atoms with Crippen molar-refractivity contribution in [2.75, 3.05) is 13.1 Å². The molecule has 2 aliphatic heterocycles. The van der Waals surface area contributed by atoms with E-state index in [0.29, 0.717) is 24.0 Å². The van der Waals surface area contributed by atoms with Gasteiger partial charge >= 0.3 is 0 Å². The molecule has 2 aliphatic carbocycles. The molecule has 0 aromatic heterocycles. The molecule has 164 valence electrons. The van der Waals surface area contributed by atoms with Crippen LogP contribution in [0.15, 0.2) is 71.8 Å². The first kappa shape index (κ1) is 20.2. The highest BCUT2D eigenvalue weighted by Crippen LogP contribution is 2.71. The summed E-state index contributed by atoms with van der Waals surface area (Å²) in [6.07, 6.45) is 7.59. The van der Waals surface area contributed by atoms with Crippen LogP contribution in [0.3, 0.4) is 0 Å². The third-order valence-corrected chi connectivity index (χ3v) is 8.07. The minimum absolute atomic E-state index is 0.114. The number of halogens is 2. The highest BCUT2D eigenvalue weighted by atomic mass is 35.5. The highest BCUT2D eigenvalue weighted by Gasteiger charge is 2.73. The van der Waals surface area contributed by atoms with Crippen molar-refractivity contribution in [3.63, 3.8) is 0 Å². The van der Waals surface area contributed by atoms with Crippen molar-refractivity contribution in [2.24, 2.45) is 11.3 Å². The van der Waals surface area contributed by atoms with E-state index in [9.17, 15) is 9.18 Å². The Morgan fingerprint density at radius 1 is 1.06 bits per heavy atom. The minimum atomic E-state index is -0.549. The summed E-state index contributed by atoms with van der Waals surface area (Å²) in [6.45, 7) is 4.31. The summed E-state index contributed by atoms with van der Waals surface area (Å²) in [6, 6.07) is 14.8. The predicted molar refractivity (Wildman–Crippen MR) is 123 cm³/mol. The van der Waals surface area contributed by atoms with Crippen molar-refractivity contribution in [3.8, 4) is 0 Å². The largest absolute Gasteiger partial charge is 0.314 e. The predicted octanol–water partition coefficient (Wildman–Crippen LogP) is 5.66. The summed E-state index contributed by atoms with van der Waals surface area (Å²) < 4.78 is 13.6. The summed E-state index contributed by atoms with van der Waals surface area (Å²) in [4.78, 5) is 18.5. The van der Waals surface area contributed by atoms with E-state index in [1.54, 1.807) is 0 Å². The average molecular weight is 449 g/mol. The van der Waals surface area contributed by atoms with E-state index >= 15 is 0 Å². The SMILES string of the molecule is CC1C=C2C(=O)N3CCN(Cc4ccc(F)cc4)C3(c3ccc(Cl)cc3)C3(CC3)C2=CC1. The van der Waals surface area contributed by atoms with Gasteiger partial charge in [-0.1, -0.05) is 54.9 Å². The molecule has 1 saturated carbocycles. The van der Waals surface area contributed by atoms with Gasteiger partial charge in [-0.25, -0.2) is 4.39 Å². The molecular weight excluding hydrogens is 423 g/mol. The van der Waals surface area contributed by atoms with Gasteiger partial charge in [0, 0.05) is 35.6 Å². The van der Waals surface area contributed by atoms with Crippen molar-refractivity contribution < 1.29 is 9.18 Å². The Labute approximate surface area is 193 Å². The summed E-state index contributed by atoms with van der Waals surface area (Å²) >= 11 is 6.26. The molecule has 1 spiro atoms. The molecular formula is C27H26ClFN2O. The number of benzene rings is 2. The Kier molecular flexibility index (Phi) is 4.44. The van der Waals surface area contributed by atoms with Gasteiger partial charge in [0.1, 0.15) is 11.5 Å². The molecule has 3 nitrogen and oxygen atoms in total. The van der Waals surface area contributed by atoms with Gasteiger partial charge in [-0.2, -0.15) is 0 Å². The van der Waals surface area contributed by atoms with E-state index in [-0.39, 0.29) is 17.1 Å². The molecule has 3 fully saturated rings. The quantitative estimate of drug-likeness (QED) is 0.604. The number of carbonyl (C=O) groups is 1. The molecule has 4 aliphatic rings. The first-order valence-corrected chi connectivity index (χ1v) is 11.8. The summed E-state index contributed by atoms with van der Waals surface area (Å²) in [5.74, 6) is 0.290. The van der Waals surface area contributed by atoms with E-state index < -0.39 is 5.66 Å². The van der Waals surface area contributed by atoms with Gasteiger partial charge in [-0.15, -0.1) is 0 Å². The Balaban J connectivity index is 1.54. The Bertz CT molecular complexity index is 1150. The Morgan fingerprint density at radius 3 is 2.47 bits per heavy atom. The van der Waals surface area contributed by atoms with Crippen LogP contribution in [0.2, 0.25) is 5.02 Å². The molecule has 2 aromatic carbocycles. The van der Waals surface area contributed by atoms with Crippen molar-refractivity contribution >= 4 is 17.5 Å². The van der Waals surface area contributed by atoms with Crippen LogP contribution in [0, 0.1) is 17.2 Å². The van der Waals surface area contributed by atoms with Crippen molar-refractivity contribution in [2.45, 2.75) is 38.4 Å². The minimum Gasteiger partial charge on any atom is -0.314 e. The number of allylic oxidation sites excluding steroid dienone is 2. The van der Waals surface area contributed by atoms with Crippen molar-refractivity contribution in [3.05, 3.63) is 93.8 Å². The maximum absolute atomic E-state index is 13.9. The Hall–Kier alpha value is -2.43. The van der Waals surface area contributed by atoms with Crippen LogP contribution in [0.4, 0.5) is 4.39 Å². The maximum Gasteiger partial charge on any atom is 0.255 e. The van der Waals surface area contributed by atoms with E-state index in [1.807, 2.05) is 24.3 Å². The van der Waals surface area contributed by atoms with Crippen LogP contribution in [-0.2, 0) is 17.0 Å². The fourth-order valence-corrected chi connectivity index (χ4v) is 6.52. The van der Waals surface area contributed by atoms with Gasteiger partial charge in [-0.05, 0) is 66.1 Å². The third-order valence-electron chi connectivity index (χ3n) is 7.82. The van der Waals surface area contributed by atoms with E-state index in [4.69, 9.17) is 11.6 Å². The zero-order valence-electron chi connectivity index (χ0n) is 18.2. The van der Waals surface area contributed by atoms with Crippen LogP contribution >= 0.6 is 11.6 Å². The zero-order chi connectivity index (χ0) is 22.1. The molecule has 2 atom stereocenters. The number of hydrogen-bond donors (Lipinski definition) is 0. The van der Waals surface area contributed by atoms with E-state index in [2.05, 4.69) is 41.0 Å². The standard InChI is InChI=1S/C27H26ClFN2O/c1-18-2-11-24-23(16-18)25(32)31-15-14-30(17-19-3-9-22(29)10-4-19)27(31,26(24)12-13-26)20-5-7-21(28)8-6-20/h3-11,16,18H,2,12-15,17H2,1H3. The number of piperidine rings is 1. The second-order valence-corrected chi connectivity index (χ2v) is 10.1. The van der Waals surface area contributed by atoms with Crippen LogP contribution in [-0.4, -0.2) is 28.8 Å². The molecule has 0 radical (unpaired) electrons. The Morgan fingerprint density at radius 2 is 1.78 bits per heavy atom. The molecule has 2 unspecified atom stereocenters. The number of hydrogen-bond acceptors (Lipinski definition) is 2. The van der Waals surface area contributed by atoms with Gasteiger partial charge in [0.15, 0.2) is 0 Å². The van der Waals surface area contributed by atoms with Gasteiger partial charge in [0.05, 0.1) is 0 Å². The van der Waals surface area contributed by atoms with Gasteiger partial charge in [0.25, 0.3) is 5.91 Å². The molecule has 5 heteroatoms. The van der Waals surface area contributed by atoms with Crippen molar-refractivity contribution in [1.29, 1.82) is 0 Å². The highest BCUT2D eigenvalue weighted by molar-refractivity contribution is 6.30. The molecule has 2 saturated heterocycles. The van der Waals surface area contributed by atoms with E-state index in [1.165, 1.54) is 17.7 Å². The second-order valence-electron chi connectivity index (χ2n) is 9.68. The lowest BCUT2D eigenvalue weighted by molar-refractivity contribution is -0.146. The molecule has 1 amide bonds. The maximum atomic E-state index is 13.9. The number of fused-ring (bicyclic) bond motifs is 4. The van der Waals surface area contributed by atoms with Gasteiger partial charge in [0.2, 0.25) is 0 Å². The van der Waals surface area contributed by atoms with Crippen molar-refractivity contribution in [1.82, 2.24) is 9.80 Å². The second kappa shape index (κ2) is 7.03. The number of rotatable bonds is 3. The van der Waals surface area contributed by atoms with Crippen LogP contribution in [0.1, 0.15) is 37.3 Å². The molecule has 2 aromatic rings. The first-order chi connectivity index (χ1) is 15.5. The zero-order valence-corrected chi connectivity index (χ0v) is 18.9. The average Bonchev–Trinajstić information content (AvgIpc) is 3.50. The van der Waals surface area contributed by atoms with Crippen LogP contribution in [0.5, 0.6) is 0 Å². The number of nitrogens with zero attached hydrogens (tertiary/aromatic N) is 2. The lowest BCUT2D eigenvalue weighted by Crippen LogP contribution is -2.62. The smallest absolute Gasteiger partial charge is 0.255 e. The molecule has 2 heterocycles. The molecule has 0 N–H and O–H groups in total. The topological polar surface area (TPSA) is 23.6 Å². The van der Waals surface area contributed by atoms with Crippen LogP contribution in [0.25, 0.3) is 0 Å². The molecule has 6 rings (SSSR count). The summed E-state index contributed by atoms with van der Waals surface area (Å²) in [5.41, 5.74) is 3.65. The lowest BCUT2D eigenvalue weighted by Gasteiger charge is -2.55. The number of carbonyl (C=O) groups excluding carboxylic acids is 1. The monoisotopic (exact) mass is 448 g/mol. The number of amides is 1. The fourth-order valence-electron chi connectivity index (χ4n) is 6.40.